The Kier molecular flexibility index (Phi) is 8.75. The van der Waals surface area contributed by atoms with Gasteiger partial charge < -0.3 is 31.1 Å². The third kappa shape index (κ3) is 6.47. The number of amides is 4. The number of hydrogen-bond donors (Lipinski definition) is 5. The third-order valence-electron chi connectivity index (χ3n) is 8.44. The first kappa shape index (κ1) is 28.4. The van der Waals surface area contributed by atoms with Gasteiger partial charge in [0.15, 0.2) is 0 Å². The van der Waals surface area contributed by atoms with E-state index >= 15 is 0 Å². The maximum absolute atomic E-state index is 12.0. The summed E-state index contributed by atoms with van der Waals surface area (Å²) in [7, 11) is 1.30. The van der Waals surface area contributed by atoms with Gasteiger partial charge in [0.25, 0.3) is 0 Å². The van der Waals surface area contributed by atoms with Crippen molar-refractivity contribution >= 4 is 35.4 Å². The Morgan fingerprint density at radius 2 is 1.00 bits per heavy atom. The number of esters is 1. The number of aryl methyl sites for hydroxylation is 4. The Balaban J connectivity index is 0.000000165. The molecule has 4 aliphatic carbocycles. The number of carboxylic acid groups (broad SMARTS) is 1. The lowest BCUT2D eigenvalue weighted by Crippen LogP contribution is -2.34. The van der Waals surface area contributed by atoms with Crippen molar-refractivity contribution in [2.75, 3.05) is 30.8 Å². The van der Waals surface area contributed by atoms with Crippen molar-refractivity contribution < 1.29 is 29.0 Å². The van der Waals surface area contributed by atoms with Gasteiger partial charge in [0, 0.05) is 11.4 Å². The standard InChI is InChI=1S/C16H20N2O3.C15H18N2O3/c1-21-14(19)9-17-16(20)18-15-12-6-2-4-10(12)8-11-5-3-7-13(11)15;18-13(19)8-16-15(20)17-14-11-5-1-3-9(11)7-10-4-2-6-12(10)14/h8H,2-7,9H2,1H3,(H2,17,18,20);7H,1-6,8H2,(H,18,19)(H2,16,17,20). The van der Waals surface area contributed by atoms with Crippen LogP contribution in [0.5, 0.6) is 0 Å². The molecule has 0 fully saturated rings. The average Bonchev–Trinajstić information content (AvgIpc) is 3.77. The number of carbonyl (C=O) groups is 4. The summed E-state index contributed by atoms with van der Waals surface area (Å²) in [5.41, 5.74) is 12.4. The van der Waals surface area contributed by atoms with Crippen molar-refractivity contribution in [1.82, 2.24) is 10.6 Å². The molecule has 0 saturated heterocycles. The minimum absolute atomic E-state index is 0.112. The number of anilines is 2. The van der Waals surface area contributed by atoms with Crippen LogP contribution in [0.15, 0.2) is 12.1 Å². The van der Waals surface area contributed by atoms with Gasteiger partial charge in [0.05, 0.1) is 7.11 Å². The molecule has 5 N–H and O–H groups in total. The van der Waals surface area contributed by atoms with E-state index in [0.717, 1.165) is 88.4 Å². The number of methoxy groups -OCH3 is 1. The van der Waals surface area contributed by atoms with E-state index in [4.69, 9.17) is 5.11 Å². The topological polar surface area (TPSA) is 146 Å². The van der Waals surface area contributed by atoms with Gasteiger partial charge in [-0.1, -0.05) is 12.1 Å². The Hall–Kier alpha value is -4.08. The predicted molar refractivity (Wildman–Crippen MR) is 155 cm³/mol. The zero-order valence-corrected chi connectivity index (χ0v) is 23.5. The molecular weight excluding hydrogens is 524 g/mol. The first-order valence-corrected chi connectivity index (χ1v) is 14.5. The Morgan fingerprint density at radius 3 is 1.34 bits per heavy atom. The van der Waals surface area contributed by atoms with Gasteiger partial charge >= 0.3 is 24.0 Å². The smallest absolute Gasteiger partial charge is 0.325 e. The number of urea groups is 2. The molecule has 4 aliphatic rings. The molecule has 0 radical (unpaired) electrons. The molecular formula is C31H38N4O6. The zero-order valence-electron chi connectivity index (χ0n) is 23.5. The maximum Gasteiger partial charge on any atom is 0.325 e. The van der Waals surface area contributed by atoms with E-state index in [-0.39, 0.29) is 19.1 Å². The lowest BCUT2D eigenvalue weighted by Gasteiger charge is -2.16. The van der Waals surface area contributed by atoms with Crippen LogP contribution in [0.25, 0.3) is 0 Å². The summed E-state index contributed by atoms with van der Waals surface area (Å²) in [5.74, 6) is -1.49. The highest BCUT2D eigenvalue weighted by Gasteiger charge is 2.26. The highest BCUT2D eigenvalue weighted by molar-refractivity contribution is 5.94. The van der Waals surface area contributed by atoms with Crippen molar-refractivity contribution in [2.45, 2.75) is 77.0 Å². The lowest BCUT2D eigenvalue weighted by molar-refractivity contribution is -0.139. The molecule has 6 rings (SSSR count). The number of carbonyl (C=O) groups excluding carboxylic acids is 3. The quantitative estimate of drug-likeness (QED) is 0.338. The second kappa shape index (κ2) is 12.6. The largest absolute Gasteiger partial charge is 0.480 e. The summed E-state index contributed by atoms with van der Waals surface area (Å²) >= 11 is 0. The average molecular weight is 563 g/mol. The van der Waals surface area contributed by atoms with E-state index in [0.29, 0.717) is 0 Å². The van der Waals surface area contributed by atoms with Crippen LogP contribution >= 0.6 is 0 Å². The Morgan fingerprint density at radius 1 is 0.634 bits per heavy atom. The van der Waals surface area contributed by atoms with Crippen LogP contribution in [0.4, 0.5) is 21.0 Å². The number of carboxylic acids is 1. The van der Waals surface area contributed by atoms with Gasteiger partial charge in [-0.05, 0) is 122 Å². The summed E-state index contributed by atoms with van der Waals surface area (Å²) in [6.07, 6.45) is 12.9. The van der Waals surface area contributed by atoms with Crippen LogP contribution < -0.4 is 21.3 Å². The molecule has 2 aromatic rings. The van der Waals surface area contributed by atoms with Crippen LogP contribution in [-0.4, -0.2) is 49.3 Å². The summed E-state index contributed by atoms with van der Waals surface area (Å²) in [6, 6.07) is 3.85. The van der Waals surface area contributed by atoms with Crippen LogP contribution in [0, 0.1) is 0 Å². The third-order valence-corrected chi connectivity index (χ3v) is 8.44. The molecule has 41 heavy (non-hydrogen) atoms. The zero-order chi connectivity index (χ0) is 28.9. The highest BCUT2D eigenvalue weighted by atomic mass is 16.5. The number of hydrogen-bond acceptors (Lipinski definition) is 5. The molecule has 10 heteroatoms. The molecule has 0 bridgehead atoms. The fraction of sp³-hybridized carbons (Fsp3) is 0.484. The van der Waals surface area contributed by atoms with Crippen LogP contribution in [0.2, 0.25) is 0 Å². The molecule has 0 heterocycles. The molecule has 0 aliphatic heterocycles. The van der Waals surface area contributed by atoms with Gasteiger partial charge in [0.2, 0.25) is 0 Å². The number of benzene rings is 2. The number of fused-ring (bicyclic) bond motifs is 4. The minimum atomic E-state index is -1.04. The van der Waals surface area contributed by atoms with Crippen molar-refractivity contribution in [3.05, 3.63) is 56.6 Å². The number of rotatable bonds is 6. The van der Waals surface area contributed by atoms with E-state index in [2.05, 4.69) is 38.1 Å². The summed E-state index contributed by atoms with van der Waals surface area (Å²) in [4.78, 5) is 45.4. The second-order valence-electron chi connectivity index (χ2n) is 11.1. The lowest BCUT2D eigenvalue weighted by atomic mass is 9.99. The van der Waals surface area contributed by atoms with Gasteiger partial charge in [0.1, 0.15) is 13.1 Å². The van der Waals surface area contributed by atoms with E-state index in [9.17, 15) is 19.2 Å². The van der Waals surface area contributed by atoms with Crippen molar-refractivity contribution in [1.29, 1.82) is 0 Å². The van der Waals surface area contributed by atoms with Crippen molar-refractivity contribution in [2.24, 2.45) is 0 Å². The molecule has 0 saturated carbocycles. The molecule has 2 aromatic carbocycles. The molecule has 10 nitrogen and oxygen atoms in total. The molecule has 0 spiro atoms. The number of ether oxygens (including phenoxy) is 1. The van der Waals surface area contributed by atoms with Crippen molar-refractivity contribution in [3.8, 4) is 0 Å². The van der Waals surface area contributed by atoms with Crippen LogP contribution in [0.3, 0.4) is 0 Å². The maximum atomic E-state index is 12.0. The molecule has 0 atom stereocenters. The van der Waals surface area contributed by atoms with Crippen molar-refractivity contribution in [3.63, 3.8) is 0 Å². The van der Waals surface area contributed by atoms with Gasteiger partial charge in [-0.3, -0.25) is 9.59 Å². The summed E-state index contributed by atoms with van der Waals surface area (Å²) < 4.78 is 4.52. The van der Waals surface area contributed by atoms with Gasteiger partial charge in [-0.25, -0.2) is 9.59 Å². The first-order valence-electron chi connectivity index (χ1n) is 14.5. The van der Waals surface area contributed by atoms with E-state index in [1.165, 1.54) is 51.6 Å². The number of nitrogens with one attached hydrogen (secondary N) is 4. The number of aliphatic carboxylic acids is 1. The van der Waals surface area contributed by atoms with Crippen LogP contribution in [-0.2, 0) is 65.7 Å². The van der Waals surface area contributed by atoms with Gasteiger partial charge in [-0.15, -0.1) is 0 Å². The van der Waals surface area contributed by atoms with Gasteiger partial charge in [-0.2, -0.15) is 0 Å². The Labute approximate surface area is 239 Å². The van der Waals surface area contributed by atoms with E-state index in [1.807, 2.05) is 0 Å². The van der Waals surface area contributed by atoms with Crippen LogP contribution in [0.1, 0.15) is 70.2 Å². The normalized spacial score (nSPS) is 15.4. The minimum Gasteiger partial charge on any atom is -0.480 e. The molecule has 4 amide bonds. The monoisotopic (exact) mass is 562 g/mol. The second-order valence-corrected chi connectivity index (χ2v) is 11.1. The highest BCUT2D eigenvalue weighted by Crippen LogP contribution is 2.39. The fourth-order valence-corrected chi connectivity index (χ4v) is 6.63. The predicted octanol–water partition coefficient (Wildman–Crippen LogP) is 3.83. The fourth-order valence-electron chi connectivity index (χ4n) is 6.63. The van der Waals surface area contributed by atoms with E-state index < -0.39 is 18.0 Å². The molecule has 218 valence electrons. The Bertz CT molecular complexity index is 1320. The molecule has 0 aromatic heterocycles. The van der Waals surface area contributed by atoms with E-state index in [1.54, 1.807) is 0 Å². The first-order chi connectivity index (χ1) is 19.8. The SMILES string of the molecule is COC(=O)CNC(=O)Nc1c2c(cc3c1CCC3)CCC2.O=C(O)CNC(=O)Nc1c2c(cc3c1CCC3)CCC2. The summed E-state index contributed by atoms with van der Waals surface area (Å²) in [6.45, 7) is -0.470. The molecule has 0 unspecified atom stereocenters. The summed E-state index contributed by atoms with van der Waals surface area (Å²) in [5, 5.41) is 19.3.